The molecule has 1 fully saturated rings. The van der Waals surface area contributed by atoms with Crippen LogP contribution in [0.25, 0.3) is 0 Å². The Labute approximate surface area is 173 Å². The van der Waals surface area contributed by atoms with Crippen LogP contribution in [0.15, 0.2) is 43.0 Å². The molecule has 0 saturated carbocycles. The number of carbonyl (C=O) groups excluding carboxylic acids is 1. The number of hydrogen-bond acceptors (Lipinski definition) is 9. The van der Waals surface area contributed by atoms with Crippen molar-refractivity contribution >= 4 is 5.91 Å². The van der Waals surface area contributed by atoms with E-state index in [0.29, 0.717) is 11.1 Å². The number of nitriles is 1. The van der Waals surface area contributed by atoms with Crippen LogP contribution in [0.1, 0.15) is 35.3 Å². The summed E-state index contributed by atoms with van der Waals surface area (Å²) in [5.74, 6) is -2.74. The summed E-state index contributed by atoms with van der Waals surface area (Å²) in [6.07, 6.45) is 3.22. The molecule has 1 aliphatic heterocycles. The summed E-state index contributed by atoms with van der Waals surface area (Å²) >= 11 is 0. The molecule has 4 N–H and O–H groups in total. The molecule has 0 bridgehead atoms. The Morgan fingerprint density at radius 3 is 2.73 bits per heavy atom. The highest BCUT2D eigenvalue weighted by atomic mass is 16.8. The van der Waals surface area contributed by atoms with Crippen molar-refractivity contribution in [1.82, 2.24) is 15.4 Å². The van der Waals surface area contributed by atoms with Crippen LogP contribution in [0, 0.1) is 17.2 Å². The number of aliphatic hydroxyl groups is 1. The number of benzene rings is 1. The van der Waals surface area contributed by atoms with Gasteiger partial charge in [-0.15, -0.1) is 0 Å². The van der Waals surface area contributed by atoms with Gasteiger partial charge in [0.05, 0.1) is 41.9 Å². The first-order valence-corrected chi connectivity index (χ1v) is 9.23. The van der Waals surface area contributed by atoms with Crippen molar-refractivity contribution in [3.8, 4) is 6.07 Å². The third-order valence-electron chi connectivity index (χ3n) is 4.50. The number of nitrogens with two attached hydrogens (primary N) is 1. The minimum absolute atomic E-state index is 0.142. The van der Waals surface area contributed by atoms with E-state index in [1.807, 2.05) is 0 Å². The molecular formula is C20H23N5O5. The van der Waals surface area contributed by atoms with E-state index in [0.717, 1.165) is 0 Å². The molecule has 3 unspecified atom stereocenters. The van der Waals surface area contributed by atoms with Crippen LogP contribution in [-0.4, -0.2) is 46.0 Å². The van der Waals surface area contributed by atoms with E-state index in [1.54, 1.807) is 38.1 Å². The summed E-state index contributed by atoms with van der Waals surface area (Å²) < 4.78 is 11.4. The number of hydroxylamine groups is 1. The lowest BCUT2D eigenvalue weighted by atomic mass is 9.86. The Morgan fingerprint density at radius 1 is 1.43 bits per heavy atom. The van der Waals surface area contributed by atoms with E-state index in [4.69, 9.17) is 20.0 Å². The van der Waals surface area contributed by atoms with Crippen molar-refractivity contribution in [3.63, 3.8) is 0 Å². The normalized spacial score (nSPS) is 20.5. The Bertz CT molecular complexity index is 927. The van der Waals surface area contributed by atoms with Crippen molar-refractivity contribution < 1.29 is 24.2 Å². The molecule has 10 heteroatoms. The second kappa shape index (κ2) is 8.83. The molecule has 10 nitrogen and oxygen atoms in total. The van der Waals surface area contributed by atoms with E-state index in [9.17, 15) is 15.2 Å². The lowest BCUT2D eigenvalue weighted by Gasteiger charge is -2.47. The zero-order valence-electron chi connectivity index (χ0n) is 16.6. The van der Waals surface area contributed by atoms with E-state index in [2.05, 4.69) is 21.5 Å². The van der Waals surface area contributed by atoms with Crippen LogP contribution in [0.3, 0.4) is 0 Å². The van der Waals surface area contributed by atoms with E-state index in [-0.39, 0.29) is 18.8 Å². The largest absolute Gasteiger partial charge is 0.388 e. The molecular weight excluding hydrogens is 390 g/mol. The summed E-state index contributed by atoms with van der Waals surface area (Å²) in [6, 6.07) is 8.62. The molecule has 2 aromatic rings. The molecule has 1 aromatic heterocycles. The number of hydrogen-bond donors (Lipinski definition) is 3. The van der Waals surface area contributed by atoms with Gasteiger partial charge in [0.25, 0.3) is 5.91 Å². The van der Waals surface area contributed by atoms with Crippen LogP contribution in [0.4, 0.5) is 0 Å². The van der Waals surface area contributed by atoms with Gasteiger partial charge in [0.15, 0.2) is 0 Å². The molecule has 30 heavy (non-hydrogen) atoms. The van der Waals surface area contributed by atoms with Gasteiger partial charge in [-0.2, -0.15) is 5.26 Å². The molecule has 0 radical (unpaired) electrons. The maximum Gasteiger partial charge on any atom is 0.278 e. The molecule has 1 aliphatic rings. The maximum absolute atomic E-state index is 12.5. The van der Waals surface area contributed by atoms with Crippen LogP contribution in [-0.2, 0) is 20.1 Å². The first-order chi connectivity index (χ1) is 14.2. The van der Waals surface area contributed by atoms with Gasteiger partial charge in [0.1, 0.15) is 12.6 Å². The number of nitrogens with zero attached hydrogens (tertiary/aromatic N) is 3. The van der Waals surface area contributed by atoms with Crippen LogP contribution in [0.2, 0.25) is 0 Å². The summed E-state index contributed by atoms with van der Waals surface area (Å²) in [5.41, 5.74) is 8.18. The molecule has 1 amide bonds. The zero-order chi connectivity index (χ0) is 21.8. The zero-order valence-corrected chi connectivity index (χ0v) is 16.6. The molecule has 0 spiro atoms. The highest BCUT2D eigenvalue weighted by molar-refractivity contribution is 5.92. The summed E-state index contributed by atoms with van der Waals surface area (Å²) in [4.78, 5) is 26.0. The number of nitrogens with one attached hydrogen (secondary N) is 1. The molecule has 158 valence electrons. The van der Waals surface area contributed by atoms with Crippen molar-refractivity contribution in [1.29, 1.82) is 5.26 Å². The second-order valence-corrected chi connectivity index (χ2v) is 7.53. The molecule has 2 heterocycles. The van der Waals surface area contributed by atoms with Gasteiger partial charge in [-0.1, -0.05) is 12.1 Å². The number of carbonyl (C=O) groups is 1. The average Bonchev–Trinajstić information content (AvgIpc) is 2.74. The van der Waals surface area contributed by atoms with Gasteiger partial charge in [-0.25, -0.2) is 20.3 Å². The van der Waals surface area contributed by atoms with E-state index < -0.39 is 29.4 Å². The molecule has 3 atom stereocenters. The number of aromatic nitrogens is 2. The third-order valence-corrected chi connectivity index (χ3v) is 4.50. The SMILES string of the molecule is CC(C)(O)COC(ONC(=O)c1cncnc1)(c1cccc(C#N)c1)C1COC1N. The smallest absolute Gasteiger partial charge is 0.278 e. The molecule has 1 saturated heterocycles. The predicted molar refractivity (Wildman–Crippen MR) is 103 cm³/mol. The van der Waals surface area contributed by atoms with Gasteiger partial charge in [-0.05, 0) is 26.0 Å². The van der Waals surface area contributed by atoms with Gasteiger partial charge >= 0.3 is 0 Å². The van der Waals surface area contributed by atoms with Crippen molar-refractivity contribution in [3.05, 3.63) is 59.7 Å². The van der Waals surface area contributed by atoms with E-state index >= 15 is 0 Å². The summed E-state index contributed by atoms with van der Waals surface area (Å²) in [5, 5.41) is 19.5. The highest BCUT2D eigenvalue weighted by Crippen LogP contribution is 2.41. The fourth-order valence-electron chi connectivity index (χ4n) is 2.88. The summed E-state index contributed by atoms with van der Waals surface area (Å²) in [6.45, 7) is 3.19. The van der Waals surface area contributed by atoms with Crippen molar-refractivity contribution in [2.24, 2.45) is 11.7 Å². The number of amides is 1. The number of ether oxygens (including phenoxy) is 2. The Morgan fingerprint density at radius 2 is 2.17 bits per heavy atom. The van der Waals surface area contributed by atoms with Crippen LogP contribution >= 0.6 is 0 Å². The molecule has 0 aliphatic carbocycles. The minimum Gasteiger partial charge on any atom is -0.388 e. The first-order valence-electron chi connectivity index (χ1n) is 9.23. The topological polar surface area (TPSA) is 153 Å². The molecule has 3 rings (SSSR count). The van der Waals surface area contributed by atoms with Gasteiger partial charge in [0.2, 0.25) is 5.79 Å². The standard InChI is InChI=1S/C20H23N5O5/c1-19(2,27)11-29-20(16-10-28-17(16)22,15-5-3-4-13(6-15)7-21)30-25-18(26)14-8-23-12-24-9-14/h3-6,8-9,12,16-17,27H,10-11,22H2,1-2H3,(H,25,26). The maximum atomic E-state index is 12.5. The number of rotatable bonds is 8. The third kappa shape index (κ3) is 4.79. The van der Waals surface area contributed by atoms with Gasteiger partial charge in [0, 0.05) is 18.0 Å². The highest BCUT2D eigenvalue weighted by Gasteiger charge is 2.53. The first kappa shape index (κ1) is 21.8. The average molecular weight is 413 g/mol. The van der Waals surface area contributed by atoms with Crippen LogP contribution < -0.4 is 11.2 Å². The Balaban J connectivity index is 1.98. The van der Waals surface area contributed by atoms with Crippen molar-refractivity contribution in [2.75, 3.05) is 13.2 Å². The second-order valence-electron chi connectivity index (χ2n) is 7.53. The van der Waals surface area contributed by atoms with E-state index in [1.165, 1.54) is 18.7 Å². The van der Waals surface area contributed by atoms with Crippen molar-refractivity contribution in [2.45, 2.75) is 31.5 Å². The quantitative estimate of drug-likeness (QED) is 0.417. The lowest BCUT2D eigenvalue weighted by Crippen LogP contribution is -2.61. The Hall–Kier alpha value is -2.94. The molecule has 1 aromatic carbocycles. The predicted octanol–water partition coefficient (Wildman–Crippen LogP) is 0.581. The lowest BCUT2D eigenvalue weighted by molar-refractivity contribution is -0.355. The van der Waals surface area contributed by atoms with Crippen LogP contribution in [0.5, 0.6) is 0 Å². The van der Waals surface area contributed by atoms with Gasteiger partial charge < -0.3 is 20.3 Å². The fraction of sp³-hybridized carbons (Fsp3) is 0.400. The Kier molecular flexibility index (Phi) is 6.40. The fourth-order valence-corrected chi connectivity index (χ4v) is 2.88. The minimum atomic E-state index is -1.62. The summed E-state index contributed by atoms with van der Waals surface area (Å²) in [7, 11) is 0. The van der Waals surface area contributed by atoms with Gasteiger partial charge in [-0.3, -0.25) is 4.79 Å². The monoisotopic (exact) mass is 413 g/mol.